The van der Waals surface area contributed by atoms with Crippen LogP contribution in [0, 0.1) is 11.6 Å². The molecule has 0 aromatic heterocycles. The lowest BCUT2D eigenvalue weighted by atomic mass is 10.0. The molecule has 18 heavy (non-hydrogen) atoms. The Kier molecular flexibility index (Phi) is 4.14. The molecule has 0 radical (unpaired) electrons. The van der Waals surface area contributed by atoms with E-state index >= 15 is 0 Å². The fraction of sp³-hybridized carbons (Fsp3) is 0.538. The SMILES string of the molecule is COc1cc(F)c([C@@H](C)N2CCNCC2)c(F)c1. The van der Waals surface area contributed by atoms with Crippen molar-refractivity contribution in [2.45, 2.75) is 13.0 Å². The van der Waals surface area contributed by atoms with E-state index in [1.807, 2.05) is 6.92 Å². The van der Waals surface area contributed by atoms with Crippen molar-refractivity contribution in [1.29, 1.82) is 0 Å². The van der Waals surface area contributed by atoms with Crippen molar-refractivity contribution in [3.8, 4) is 5.75 Å². The quantitative estimate of drug-likeness (QED) is 0.894. The molecule has 1 aliphatic heterocycles. The third kappa shape index (κ3) is 2.62. The molecule has 5 heteroatoms. The van der Waals surface area contributed by atoms with Crippen LogP contribution < -0.4 is 10.1 Å². The van der Waals surface area contributed by atoms with Gasteiger partial charge in [0.2, 0.25) is 0 Å². The van der Waals surface area contributed by atoms with Crippen molar-refractivity contribution in [1.82, 2.24) is 10.2 Å². The molecule has 1 N–H and O–H groups in total. The smallest absolute Gasteiger partial charge is 0.134 e. The molecule has 0 amide bonds. The van der Waals surface area contributed by atoms with Crippen molar-refractivity contribution < 1.29 is 13.5 Å². The van der Waals surface area contributed by atoms with E-state index in [-0.39, 0.29) is 17.4 Å². The Morgan fingerprint density at radius 2 is 1.78 bits per heavy atom. The number of benzene rings is 1. The monoisotopic (exact) mass is 256 g/mol. The minimum absolute atomic E-state index is 0.123. The maximum absolute atomic E-state index is 13.9. The predicted molar refractivity (Wildman–Crippen MR) is 65.8 cm³/mol. The summed E-state index contributed by atoms with van der Waals surface area (Å²) in [7, 11) is 1.40. The predicted octanol–water partition coefficient (Wildman–Crippen LogP) is 1.94. The lowest BCUT2D eigenvalue weighted by Gasteiger charge is -2.33. The molecule has 1 heterocycles. The fourth-order valence-electron chi connectivity index (χ4n) is 2.33. The maximum Gasteiger partial charge on any atom is 0.134 e. The van der Waals surface area contributed by atoms with Crippen LogP contribution in [0.2, 0.25) is 0 Å². The summed E-state index contributed by atoms with van der Waals surface area (Å²) < 4.78 is 32.7. The zero-order valence-electron chi connectivity index (χ0n) is 10.7. The molecule has 0 bridgehead atoms. The normalized spacial score (nSPS) is 18.7. The number of rotatable bonds is 3. The highest BCUT2D eigenvalue weighted by atomic mass is 19.1. The summed E-state index contributed by atoms with van der Waals surface area (Å²) in [4.78, 5) is 2.07. The molecule has 0 unspecified atom stereocenters. The number of nitrogens with one attached hydrogen (secondary N) is 1. The number of piperazine rings is 1. The number of hydrogen-bond acceptors (Lipinski definition) is 3. The molecule has 1 saturated heterocycles. The Morgan fingerprint density at radius 3 is 2.28 bits per heavy atom. The Labute approximate surface area is 106 Å². The molecule has 0 saturated carbocycles. The molecule has 100 valence electrons. The van der Waals surface area contributed by atoms with E-state index in [9.17, 15) is 8.78 Å². The average molecular weight is 256 g/mol. The second-order valence-corrected chi connectivity index (χ2v) is 4.47. The Balaban J connectivity index is 2.26. The number of nitrogens with zero attached hydrogens (tertiary/aromatic N) is 1. The van der Waals surface area contributed by atoms with Crippen LogP contribution in [-0.2, 0) is 0 Å². The topological polar surface area (TPSA) is 24.5 Å². The summed E-state index contributed by atoms with van der Waals surface area (Å²) in [6, 6.07) is 2.20. The summed E-state index contributed by atoms with van der Waals surface area (Å²) >= 11 is 0. The number of methoxy groups -OCH3 is 1. The van der Waals surface area contributed by atoms with E-state index in [1.165, 1.54) is 19.2 Å². The first kappa shape index (κ1) is 13.2. The minimum Gasteiger partial charge on any atom is -0.497 e. The summed E-state index contributed by atoms with van der Waals surface area (Å²) in [5.41, 5.74) is 0.123. The highest BCUT2D eigenvalue weighted by Crippen LogP contribution is 2.29. The van der Waals surface area contributed by atoms with E-state index in [0.29, 0.717) is 0 Å². The molecule has 0 aliphatic carbocycles. The van der Waals surface area contributed by atoms with Gasteiger partial charge in [0.1, 0.15) is 17.4 Å². The van der Waals surface area contributed by atoms with E-state index < -0.39 is 11.6 Å². The van der Waals surface area contributed by atoms with Gasteiger partial charge in [-0.15, -0.1) is 0 Å². The molecule has 1 fully saturated rings. The van der Waals surface area contributed by atoms with E-state index in [1.54, 1.807) is 0 Å². The molecule has 2 rings (SSSR count). The summed E-state index contributed by atoms with van der Waals surface area (Å²) in [5.74, 6) is -0.878. The van der Waals surface area contributed by atoms with Crippen molar-refractivity contribution in [3.63, 3.8) is 0 Å². The van der Waals surface area contributed by atoms with Gasteiger partial charge in [-0.2, -0.15) is 0 Å². The summed E-state index contributed by atoms with van der Waals surface area (Å²) in [5, 5.41) is 3.22. The first-order valence-corrected chi connectivity index (χ1v) is 6.11. The van der Waals surface area contributed by atoms with Crippen LogP contribution >= 0.6 is 0 Å². The van der Waals surface area contributed by atoms with Gasteiger partial charge in [0.15, 0.2) is 0 Å². The number of hydrogen-bond donors (Lipinski definition) is 1. The van der Waals surface area contributed by atoms with Gasteiger partial charge in [-0.25, -0.2) is 8.78 Å². The fourth-order valence-corrected chi connectivity index (χ4v) is 2.33. The van der Waals surface area contributed by atoms with Gasteiger partial charge < -0.3 is 10.1 Å². The third-order valence-corrected chi connectivity index (χ3v) is 3.41. The summed E-state index contributed by atoms with van der Waals surface area (Å²) in [6.07, 6.45) is 0. The Bertz CT molecular complexity index is 396. The highest BCUT2D eigenvalue weighted by molar-refractivity contribution is 5.32. The lowest BCUT2D eigenvalue weighted by molar-refractivity contribution is 0.178. The second kappa shape index (κ2) is 5.63. The number of halogens is 2. The van der Waals surface area contributed by atoms with Gasteiger partial charge >= 0.3 is 0 Å². The molecule has 1 aromatic rings. The van der Waals surface area contributed by atoms with Gasteiger partial charge in [-0.1, -0.05) is 0 Å². The zero-order valence-corrected chi connectivity index (χ0v) is 10.7. The second-order valence-electron chi connectivity index (χ2n) is 4.47. The number of ether oxygens (including phenoxy) is 1. The van der Waals surface area contributed by atoms with Crippen LogP contribution in [0.25, 0.3) is 0 Å². The largest absolute Gasteiger partial charge is 0.497 e. The minimum atomic E-state index is -0.544. The Hall–Kier alpha value is -1.20. The van der Waals surface area contributed by atoms with Gasteiger partial charge in [-0.05, 0) is 6.92 Å². The van der Waals surface area contributed by atoms with Crippen molar-refractivity contribution >= 4 is 0 Å². The van der Waals surface area contributed by atoms with Crippen LogP contribution in [0.1, 0.15) is 18.5 Å². The zero-order chi connectivity index (χ0) is 13.1. The maximum atomic E-state index is 13.9. The molecule has 0 spiro atoms. The molecular formula is C13H18F2N2O. The van der Waals surface area contributed by atoms with Crippen LogP contribution in [0.3, 0.4) is 0 Å². The third-order valence-electron chi connectivity index (χ3n) is 3.41. The molecular weight excluding hydrogens is 238 g/mol. The van der Waals surface area contributed by atoms with Crippen LogP contribution in [0.15, 0.2) is 12.1 Å². The van der Waals surface area contributed by atoms with Gasteiger partial charge in [0.25, 0.3) is 0 Å². The first-order valence-electron chi connectivity index (χ1n) is 6.11. The average Bonchev–Trinajstić information content (AvgIpc) is 2.38. The van der Waals surface area contributed by atoms with E-state index in [0.717, 1.165) is 26.2 Å². The van der Waals surface area contributed by atoms with Crippen molar-refractivity contribution in [3.05, 3.63) is 29.3 Å². The van der Waals surface area contributed by atoms with Crippen molar-refractivity contribution in [2.75, 3.05) is 33.3 Å². The van der Waals surface area contributed by atoms with E-state index in [2.05, 4.69) is 10.2 Å². The Morgan fingerprint density at radius 1 is 1.22 bits per heavy atom. The van der Waals surface area contributed by atoms with Crippen LogP contribution in [-0.4, -0.2) is 38.2 Å². The van der Waals surface area contributed by atoms with E-state index in [4.69, 9.17) is 4.74 Å². The standard InChI is InChI=1S/C13H18F2N2O/c1-9(17-5-3-16-4-6-17)13-11(14)7-10(18-2)8-12(13)15/h7-9,16H,3-6H2,1-2H3/t9-/m1/s1. The molecule has 1 aromatic carbocycles. The molecule has 3 nitrogen and oxygen atoms in total. The first-order chi connectivity index (χ1) is 8.63. The van der Waals surface area contributed by atoms with Crippen molar-refractivity contribution in [2.24, 2.45) is 0 Å². The molecule has 1 aliphatic rings. The highest BCUT2D eigenvalue weighted by Gasteiger charge is 2.24. The van der Waals surface area contributed by atoms with Crippen LogP contribution in [0.5, 0.6) is 5.75 Å². The van der Waals surface area contributed by atoms with Gasteiger partial charge in [-0.3, -0.25) is 4.90 Å². The summed E-state index contributed by atoms with van der Waals surface area (Å²) in [6.45, 7) is 5.13. The lowest BCUT2D eigenvalue weighted by Crippen LogP contribution is -2.44. The van der Waals surface area contributed by atoms with Gasteiger partial charge in [0, 0.05) is 49.9 Å². The van der Waals surface area contributed by atoms with Crippen LogP contribution in [0.4, 0.5) is 8.78 Å². The van der Waals surface area contributed by atoms with Gasteiger partial charge in [0.05, 0.1) is 7.11 Å². The molecule has 1 atom stereocenters.